The third-order valence-electron chi connectivity index (χ3n) is 3.24. The van der Waals surface area contributed by atoms with Crippen molar-refractivity contribution >= 4 is 0 Å². The van der Waals surface area contributed by atoms with Crippen LogP contribution < -0.4 is 4.74 Å². The number of rotatable bonds is 3. The second kappa shape index (κ2) is 5.13. The molecule has 0 aliphatic rings. The maximum absolute atomic E-state index is 9.36. The Kier molecular flexibility index (Phi) is 3.17. The van der Waals surface area contributed by atoms with Crippen LogP contribution in [0.2, 0.25) is 0 Å². The number of phenols is 1. The summed E-state index contributed by atoms with van der Waals surface area (Å²) in [7, 11) is 1.65. The van der Waals surface area contributed by atoms with Crippen LogP contribution in [-0.2, 0) is 0 Å². The zero-order valence-corrected chi connectivity index (χ0v) is 11.0. The van der Waals surface area contributed by atoms with E-state index in [-0.39, 0.29) is 5.75 Å². The van der Waals surface area contributed by atoms with Gasteiger partial charge in [0.2, 0.25) is 0 Å². The van der Waals surface area contributed by atoms with Crippen molar-refractivity contribution in [2.24, 2.45) is 0 Å². The Balaban J connectivity index is 2.02. The molecule has 0 aliphatic carbocycles. The molecule has 3 rings (SSSR count). The van der Waals surface area contributed by atoms with Crippen molar-refractivity contribution in [1.82, 2.24) is 0 Å². The van der Waals surface area contributed by atoms with Gasteiger partial charge >= 0.3 is 0 Å². The van der Waals surface area contributed by atoms with Crippen molar-refractivity contribution in [3.8, 4) is 33.8 Å². The van der Waals surface area contributed by atoms with E-state index in [1.54, 1.807) is 31.8 Å². The third kappa shape index (κ3) is 2.26. The van der Waals surface area contributed by atoms with Crippen LogP contribution in [0.15, 0.2) is 65.5 Å². The Morgan fingerprint density at radius 3 is 1.80 bits per heavy atom. The summed E-state index contributed by atoms with van der Waals surface area (Å²) in [4.78, 5) is 0. The fourth-order valence-electron chi connectivity index (χ4n) is 2.16. The fraction of sp³-hybridized carbons (Fsp3) is 0.0588. The number of furan rings is 1. The molecule has 1 aromatic heterocycles. The lowest BCUT2D eigenvalue weighted by atomic mass is 9.99. The minimum atomic E-state index is 0.253. The normalized spacial score (nSPS) is 10.4. The summed E-state index contributed by atoms with van der Waals surface area (Å²) < 4.78 is 10.5. The lowest BCUT2D eigenvalue weighted by Crippen LogP contribution is -1.83. The topological polar surface area (TPSA) is 42.6 Å². The van der Waals surface area contributed by atoms with E-state index in [9.17, 15) is 5.11 Å². The predicted octanol–water partition coefficient (Wildman–Crippen LogP) is 4.33. The second-order valence-corrected chi connectivity index (χ2v) is 4.47. The Bertz CT molecular complexity index is 694. The molecule has 1 N–H and O–H groups in total. The molecule has 2 aromatic carbocycles. The van der Waals surface area contributed by atoms with Gasteiger partial charge in [-0.1, -0.05) is 24.3 Å². The molecule has 0 atom stereocenters. The summed E-state index contributed by atoms with van der Waals surface area (Å²) in [6.45, 7) is 0. The molecule has 0 fully saturated rings. The Labute approximate surface area is 117 Å². The summed E-state index contributed by atoms with van der Waals surface area (Å²) in [5.41, 5.74) is 4.07. The van der Waals surface area contributed by atoms with Crippen LogP contribution in [0.25, 0.3) is 22.3 Å². The van der Waals surface area contributed by atoms with E-state index < -0.39 is 0 Å². The number of methoxy groups -OCH3 is 1. The molecule has 0 unspecified atom stereocenters. The third-order valence-corrected chi connectivity index (χ3v) is 3.24. The molecule has 3 nitrogen and oxygen atoms in total. The highest BCUT2D eigenvalue weighted by Crippen LogP contribution is 2.34. The summed E-state index contributed by atoms with van der Waals surface area (Å²) in [6.07, 6.45) is 3.44. The van der Waals surface area contributed by atoms with Crippen LogP contribution in [0.3, 0.4) is 0 Å². The van der Waals surface area contributed by atoms with Gasteiger partial charge in [-0.05, 0) is 35.4 Å². The van der Waals surface area contributed by atoms with Gasteiger partial charge in [0.25, 0.3) is 0 Å². The lowest BCUT2D eigenvalue weighted by Gasteiger charge is -2.05. The average molecular weight is 266 g/mol. The lowest BCUT2D eigenvalue weighted by molar-refractivity contribution is 0.415. The van der Waals surface area contributed by atoms with Gasteiger partial charge in [0.15, 0.2) is 0 Å². The maximum atomic E-state index is 9.36. The number of benzene rings is 2. The molecule has 0 radical (unpaired) electrons. The zero-order valence-electron chi connectivity index (χ0n) is 11.0. The van der Waals surface area contributed by atoms with E-state index in [1.165, 1.54) is 0 Å². The molecule has 0 saturated heterocycles. The first-order valence-electron chi connectivity index (χ1n) is 6.28. The Hall–Kier alpha value is -2.68. The zero-order chi connectivity index (χ0) is 13.9. The van der Waals surface area contributed by atoms with Crippen LogP contribution in [0.5, 0.6) is 11.5 Å². The van der Waals surface area contributed by atoms with Crippen LogP contribution in [0.4, 0.5) is 0 Å². The minimum Gasteiger partial charge on any atom is -0.508 e. The minimum absolute atomic E-state index is 0.253. The number of ether oxygens (including phenoxy) is 1. The van der Waals surface area contributed by atoms with Crippen molar-refractivity contribution < 1.29 is 14.3 Å². The Morgan fingerprint density at radius 2 is 1.30 bits per heavy atom. The monoisotopic (exact) mass is 266 g/mol. The van der Waals surface area contributed by atoms with Gasteiger partial charge in [0.05, 0.1) is 19.6 Å². The van der Waals surface area contributed by atoms with Gasteiger partial charge in [-0.3, -0.25) is 0 Å². The SMILES string of the molecule is COc1ccc(-c2cocc2-c2ccc(O)cc2)cc1. The first-order valence-corrected chi connectivity index (χ1v) is 6.28. The van der Waals surface area contributed by atoms with Gasteiger partial charge in [0.1, 0.15) is 11.5 Å². The van der Waals surface area contributed by atoms with Gasteiger partial charge in [-0.15, -0.1) is 0 Å². The molecular weight excluding hydrogens is 252 g/mol. The molecule has 0 amide bonds. The molecule has 3 aromatic rings. The molecule has 3 heteroatoms. The van der Waals surface area contributed by atoms with Crippen LogP contribution in [0, 0.1) is 0 Å². The summed E-state index contributed by atoms with van der Waals surface area (Å²) in [6, 6.07) is 14.9. The standard InChI is InChI=1S/C17H14O3/c1-19-15-8-4-13(5-9-15)17-11-20-10-16(17)12-2-6-14(18)7-3-12/h2-11,18H,1H3. The molecule has 0 aliphatic heterocycles. The van der Waals surface area contributed by atoms with E-state index in [2.05, 4.69) is 0 Å². The van der Waals surface area contributed by atoms with Crippen LogP contribution in [-0.4, -0.2) is 12.2 Å². The smallest absolute Gasteiger partial charge is 0.118 e. The predicted molar refractivity (Wildman–Crippen MR) is 77.8 cm³/mol. The van der Waals surface area contributed by atoms with Crippen molar-refractivity contribution in [2.75, 3.05) is 7.11 Å². The fourth-order valence-corrected chi connectivity index (χ4v) is 2.16. The highest BCUT2D eigenvalue weighted by atomic mass is 16.5. The average Bonchev–Trinajstić information content (AvgIpc) is 2.97. The molecule has 0 spiro atoms. The second-order valence-electron chi connectivity index (χ2n) is 4.47. The van der Waals surface area contributed by atoms with E-state index in [4.69, 9.17) is 9.15 Å². The van der Waals surface area contributed by atoms with E-state index in [0.29, 0.717) is 0 Å². The van der Waals surface area contributed by atoms with E-state index >= 15 is 0 Å². The van der Waals surface area contributed by atoms with Crippen LogP contribution in [0.1, 0.15) is 0 Å². The first kappa shape index (κ1) is 12.4. The molecule has 0 bridgehead atoms. The molecular formula is C17H14O3. The largest absolute Gasteiger partial charge is 0.508 e. The van der Waals surface area contributed by atoms with E-state index in [1.807, 2.05) is 36.4 Å². The number of hydrogen-bond acceptors (Lipinski definition) is 3. The summed E-state index contributed by atoms with van der Waals surface area (Å²) in [5.74, 6) is 1.08. The van der Waals surface area contributed by atoms with Crippen molar-refractivity contribution in [1.29, 1.82) is 0 Å². The first-order chi connectivity index (χ1) is 9.78. The van der Waals surface area contributed by atoms with Crippen molar-refractivity contribution in [2.45, 2.75) is 0 Å². The van der Waals surface area contributed by atoms with Crippen molar-refractivity contribution in [3.05, 3.63) is 61.1 Å². The molecule has 20 heavy (non-hydrogen) atoms. The molecule has 0 saturated carbocycles. The molecule has 100 valence electrons. The highest BCUT2D eigenvalue weighted by molar-refractivity contribution is 5.82. The van der Waals surface area contributed by atoms with Gasteiger partial charge in [-0.2, -0.15) is 0 Å². The quantitative estimate of drug-likeness (QED) is 0.767. The van der Waals surface area contributed by atoms with E-state index in [0.717, 1.165) is 28.0 Å². The Morgan fingerprint density at radius 1 is 0.800 bits per heavy atom. The van der Waals surface area contributed by atoms with Gasteiger partial charge in [0, 0.05) is 11.1 Å². The van der Waals surface area contributed by atoms with Gasteiger partial charge in [-0.25, -0.2) is 0 Å². The van der Waals surface area contributed by atoms with Crippen LogP contribution >= 0.6 is 0 Å². The summed E-state index contributed by atoms with van der Waals surface area (Å²) >= 11 is 0. The number of hydrogen-bond donors (Lipinski definition) is 1. The maximum Gasteiger partial charge on any atom is 0.118 e. The number of aromatic hydroxyl groups is 1. The summed E-state index contributed by atoms with van der Waals surface area (Å²) in [5, 5.41) is 9.36. The van der Waals surface area contributed by atoms with Crippen molar-refractivity contribution in [3.63, 3.8) is 0 Å². The highest BCUT2D eigenvalue weighted by Gasteiger charge is 2.10. The van der Waals surface area contributed by atoms with Gasteiger partial charge < -0.3 is 14.3 Å². The number of phenolic OH excluding ortho intramolecular Hbond substituents is 1. The molecule has 1 heterocycles.